The summed E-state index contributed by atoms with van der Waals surface area (Å²) < 4.78 is 0.742. The molecular weight excluding hydrogens is 487 g/mol. The van der Waals surface area contributed by atoms with E-state index in [-0.39, 0.29) is 30.8 Å². The second kappa shape index (κ2) is 9.09. The predicted molar refractivity (Wildman–Crippen MR) is 118 cm³/mol. The number of Topliss-reactive ketones (excluding diaryl/α,β-unsaturated/α-hetero) is 2. The zero-order valence-electron chi connectivity index (χ0n) is 17.4. The molecule has 6 nitrogen and oxygen atoms in total. The van der Waals surface area contributed by atoms with E-state index < -0.39 is 35.2 Å². The van der Waals surface area contributed by atoms with Crippen molar-refractivity contribution in [2.75, 3.05) is 0 Å². The molecule has 29 heavy (non-hydrogen) atoms. The Morgan fingerprint density at radius 2 is 1.72 bits per heavy atom. The number of aliphatic hydroxyl groups excluding tert-OH is 2. The monoisotopic (exact) mass is 518 g/mol. The highest BCUT2D eigenvalue weighted by atomic mass is 127. The first-order valence-corrected chi connectivity index (χ1v) is 11.4. The fourth-order valence-electron chi connectivity index (χ4n) is 3.70. The zero-order valence-corrected chi connectivity index (χ0v) is 19.5. The molecule has 1 aliphatic carbocycles. The van der Waals surface area contributed by atoms with Crippen LogP contribution in [0, 0.1) is 5.92 Å². The molecule has 0 bridgehead atoms. The molecule has 0 aliphatic heterocycles. The molecule has 0 heterocycles. The second-order valence-corrected chi connectivity index (χ2v) is 9.68. The van der Waals surface area contributed by atoms with Crippen LogP contribution >= 0.6 is 22.6 Å². The van der Waals surface area contributed by atoms with Crippen molar-refractivity contribution in [1.82, 2.24) is 0 Å². The minimum absolute atomic E-state index is 0.0134. The van der Waals surface area contributed by atoms with Crippen molar-refractivity contribution in [2.45, 2.75) is 80.7 Å². The number of carbonyl (C=O) groups excluding carboxylic acids is 2. The topological polar surface area (TPSA) is 115 Å². The van der Waals surface area contributed by atoms with E-state index in [1.807, 2.05) is 18.2 Å². The Morgan fingerprint density at radius 1 is 1.10 bits per heavy atom. The zero-order chi connectivity index (χ0) is 22.1. The SMILES string of the molecule is CC1C(=O)[C@@H](CC(O)C(C)(O)CCC(O)C(C)(C)O)C(=O)c2cc(CI)ccc21. The second-order valence-electron chi connectivity index (χ2n) is 8.91. The highest BCUT2D eigenvalue weighted by Crippen LogP contribution is 2.36. The van der Waals surface area contributed by atoms with Gasteiger partial charge in [-0.3, -0.25) is 9.59 Å². The number of fused-ring (bicyclic) bond motifs is 1. The molecule has 1 aromatic carbocycles. The molecule has 2 rings (SSSR count). The number of halogens is 1. The first-order chi connectivity index (χ1) is 13.3. The molecule has 162 valence electrons. The maximum Gasteiger partial charge on any atom is 0.173 e. The number of hydrogen-bond donors (Lipinski definition) is 4. The van der Waals surface area contributed by atoms with E-state index in [1.54, 1.807) is 6.92 Å². The van der Waals surface area contributed by atoms with Crippen molar-refractivity contribution < 1.29 is 30.0 Å². The summed E-state index contributed by atoms with van der Waals surface area (Å²) in [6, 6.07) is 5.55. The molecule has 4 N–H and O–H groups in total. The minimum Gasteiger partial charge on any atom is -0.390 e. The highest BCUT2D eigenvalue weighted by molar-refractivity contribution is 14.1. The molecule has 0 spiro atoms. The lowest BCUT2D eigenvalue weighted by Gasteiger charge is -2.35. The molecule has 1 aliphatic rings. The van der Waals surface area contributed by atoms with Crippen molar-refractivity contribution in [2.24, 2.45) is 5.92 Å². The molecule has 5 atom stereocenters. The van der Waals surface area contributed by atoms with Gasteiger partial charge in [0, 0.05) is 15.9 Å². The first kappa shape index (κ1) is 24.4. The average Bonchev–Trinajstić information content (AvgIpc) is 2.66. The molecular formula is C22H31IO6. The van der Waals surface area contributed by atoms with Crippen LogP contribution in [0.15, 0.2) is 18.2 Å². The molecule has 7 heteroatoms. The van der Waals surface area contributed by atoms with Gasteiger partial charge in [0.2, 0.25) is 0 Å². The number of hydrogen-bond acceptors (Lipinski definition) is 6. The maximum absolute atomic E-state index is 13.0. The Bertz CT molecular complexity index is 767. The molecule has 0 radical (unpaired) electrons. The molecule has 0 aromatic heterocycles. The van der Waals surface area contributed by atoms with E-state index in [9.17, 15) is 30.0 Å². The lowest BCUT2D eigenvalue weighted by Crippen LogP contribution is -2.46. The van der Waals surface area contributed by atoms with Crippen molar-refractivity contribution in [3.8, 4) is 0 Å². The van der Waals surface area contributed by atoms with Gasteiger partial charge in [0.15, 0.2) is 11.6 Å². The lowest BCUT2D eigenvalue weighted by molar-refractivity contribution is -0.127. The van der Waals surface area contributed by atoms with Crippen molar-refractivity contribution >= 4 is 34.2 Å². The number of aliphatic hydroxyl groups is 4. The van der Waals surface area contributed by atoms with Gasteiger partial charge in [-0.15, -0.1) is 0 Å². The molecule has 4 unspecified atom stereocenters. The Kier molecular flexibility index (Phi) is 7.65. The van der Waals surface area contributed by atoms with Crippen LogP contribution in [0.25, 0.3) is 0 Å². The fraction of sp³-hybridized carbons (Fsp3) is 0.636. The Morgan fingerprint density at radius 3 is 2.28 bits per heavy atom. The van der Waals surface area contributed by atoms with Gasteiger partial charge in [-0.05, 0) is 57.2 Å². The predicted octanol–water partition coefficient (Wildman–Crippen LogP) is 2.52. The van der Waals surface area contributed by atoms with Crippen molar-refractivity contribution in [1.29, 1.82) is 0 Å². The number of alkyl halides is 1. The number of ketones is 2. The molecule has 1 aromatic rings. The van der Waals surface area contributed by atoms with Gasteiger partial charge < -0.3 is 20.4 Å². The van der Waals surface area contributed by atoms with Gasteiger partial charge in [0.25, 0.3) is 0 Å². The van der Waals surface area contributed by atoms with E-state index in [4.69, 9.17) is 0 Å². The van der Waals surface area contributed by atoms with Gasteiger partial charge in [-0.1, -0.05) is 41.6 Å². The Balaban J connectivity index is 2.17. The van der Waals surface area contributed by atoms with Crippen LogP contribution in [-0.4, -0.2) is 55.4 Å². The van der Waals surface area contributed by atoms with Crippen LogP contribution in [0.3, 0.4) is 0 Å². The average molecular weight is 518 g/mol. The molecule has 0 saturated carbocycles. The number of rotatable bonds is 8. The lowest BCUT2D eigenvalue weighted by atomic mass is 9.72. The van der Waals surface area contributed by atoms with Gasteiger partial charge in [0.1, 0.15) is 0 Å². The van der Waals surface area contributed by atoms with E-state index in [0.29, 0.717) is 11.1 Å². The Labute approximate surface area is 185 Å². The third kappa shape index (κ3) is 5.44. The van der Waals surface area contributed by atoms with Crippen molar-refractivity contribution in [3.63, 3.8) is 0 Å². The van der Waals surface area contributed by atoms with Crippen LogP contribution in [0.1, 0.15) is 74.4 Å². The van der Waals surface area contributed by atoms with Crippen LogP contribution < -0.4 is 0 Å². The summed E-state index contributed by atoms with van der Waals surface area (Å²) in [4.78, 5) is 25.8. The Hall–Kier alpha value is -0.870. The summed E-state index contributed by atoms with van der Waals surface area (Å²) in [6.45, 7) is 6.10. The van der Waals surface area contributed by atoms with Crippen LogP contribution in [0.5, 0.6) is 0 Å². The summed E-state index contributed by atoms with van der Waals surface area (Å²) >= 11 is 2.21. The third-order valence-electron chi connectivity index (χ3n) is 6.01. The largest absolute Gasteiger partial charge is 0.390 e. The van der Waals surface area contributed by atoms with Gasteiger partial charge in [-0.25, -0.2) is 0 Å². The summed E-state index contributed by atoms with van der Waals surface area (Å²) in [7, 11) is 0. The summed E-state index contributed by atoms with van der Waals surface area (Å²) in [5, 5.41) is 41.1. The van der Waals surface area contributed by atoms with Gasteiger partial charge in [0.05, 0.1) is 29.3 Å². The van der Waals surface area contributed by atoms with Crippen LogP contribution in [-0.2, 0) is 9.22 Å². The van der Waals surface area contributed by atoms with Crippen LogP contribution in [0.4, 0.5) is 0 Å². The molecule has 0 fully saturated rings. The quantitative estimate of drug-likeness (QED) is 0.239. The molecule has 0 amide bonds. The fourth-order valence-corrected chi connectivity index (χ4v) is 4.17. The first-order valence-electron chi connectivity index (χ1n) is 9.87. The smallest absolute Gasteiger partial charge is 0.173 e. The highest BCUT2D eigenvalue weighted by Gasteiger charge is 2.43. The molecule has 0 saturated heterocycles. The normalized spacial score (nSPS) is 24.0. The van der Waals surface area contributed by atoms with E-state index in [0.717, 1.165) is 9.99 Å². The van der Waals surface area contributed by atoms with Crippen molar-refractivity contribution in [3.05, 3.63) is 34.9 Å². The van der Waals surface area contributed by atoms with Crippen LogP contribution in [0.2, 0.25) is 0 Å². The standard InChI is InChI=1S/C22H31IO6/c1-12-14-6-5-13(11-23)9-15(14)20(27)16(19(12)26)10-18(25)22(4,29)8-7-17(24)21(2,3)28/h5-6,9,12,16-18,24-25,28-29H,7-8,10-11H2,1-4H3/t12?,16-,17?,18?,22?/m1/s1. The maximum atomic E-state index is 13.0. The van der Waals surface area contributed by atoms with Gasteiger partial charge in [-0.2, -0.15) is 0 Å². The van der Waals surface area contributed by atoms with E-state index >= 15 is 0 Å². The van der Waals surface area contributed by atoms with E-state index in [1.165, 1.54) is 20.8 Å². The summed E-state index contributed by atoms with van der Waals surface area (Å²) in [5.74, 6) is -2.04. The summed E-state index contributed by atoms with van der Waals surface area (Å²) in [6.07, 6.45) is -2.49. The summed E-state index contributed by atoms with van der Waals surface area (Å²) in [5.41, 5.74) is -0.724. The number of carbonyl (C=O) groups is 2. The van der Waals surface area contributed by atoms with E-state index in [2.05, 4.69) is 22.6 Å². The number of benzene rings is 1. The minimum atomic E-state index is -1.61. The van der Waals surface area contributed by atoms with Gasteiger partial charge >= 0.3 is 0 Å². The third-order valence-corrected chi connectivity index (χ3v) is 6.89.